The van der Waals surface area contributed by atoms with Gasteiger partial charge in [0.25, 0.3) is 0 Å². The predicted molar refractivity (Wildman–Crippen MR) is 47.2 cm³/mol. The average molecular weight is 200 g/mol. The summed E-state index contributed by atoms with van der Waals surface area (Å²) in [6.45, 7) is 0.242. The normalized spacial score (nSPS) is 9.86. The van der Waals surface area contributed by atoms with Crippen molar-refractivity contribution >= 4 is 0 Å². The van der Waals surface area contributed by atoms with Gasteiger partial charge in [-0.25, -0.2) is 0 Å². The summed E-state index contributed by atoms with van der Waals surface area (Å²) >= 11 is 0. The summed E-state index contributed by atoms with van der Waals surface area (Å²) in [5.74, 6) is 0.468. The first kappa shape index (κ1) is 10.7. The van der Waals surface area contributed by atoms with E-state index in [1.54, 1.807) is 0 Å². The number of aliphatic hydroxyl groups is 2. The number of ether oxygens (including phenoxy) is 2. The molecule has 0 saturated heterocycles. The van der Waals surface area contributed by atoms with Crippen molar-refractivity contribution in [3.05, 3.63) is 12.4 Å². The van der Waals surface area contributed by atoms with Crippen molar-refractivity contribution in [2.24, 2.45) is 0 Å². The Morgan fingerprint density at radius 3 is 2.14 bits per heavy atom. The lowest BCUT2D eigenvalue weighted by Crippen LogP contribution is -2.06. The molecule has 0 aliphatic carbocycles. The molecule has 0 saturated carbocycles. The quantitative estimate of drug-likeness (QED) is 0.626. The molecule has 1 aromatic heterocycles. The zero-order valence-electron chi connectivity index (χ0n) is 7.59. The molecule has 0 bridgehead atoms. The van der Waals surface area contributed by atoms with Crippen molar-refractivity contribution in [2.75, 3.05) is 26.4 Å². The van der Waals surface area contributed by atoms with E-state index < -0.39 is 0 Å². The fourth-order valence-corrected chi connectivity index (χ4v) is 0.754. The van der Waals surface area contributed by atoms with Crippen molar-refractivity contribution in [1.29, 1.82) is 0 Å². The minimum Gasteiger partial charge on any atom is -0.488 e. The van der Waals surface area contributed by atoms with Crippen LogP contribution in [-0.2, 0) is 0 Å². The number of aromatic nitrogens is 2. The number of hydrogen-bond donors (Lipinski definition) is 2. The Morgan fingerprint density at radius 2 is 1.57 bits per heavy atom. The lowest BCUT2D eigenvalue weighted by molar-refractivity contribution is 0.188. The van der Waals surface area contributed by atoms with Gasteiger partial charge in [0.2, 0.25) is 0 Å². The maximum Gasteiger partial charge on any atom is 0.316 e. The van der Waals surface area contributed by atoms with E-state index in [1.165, 1.54) is 12.4 Å². The topological polar surface area (TPSA) is 84.7 Å². The summed E-state index contributed by atoms with van der Waals surface area (Å²) in [6, 6.07) is 0.190. The second-order valence-electron chi connectivity index (χ2n) is 2.35. The largest absolute Gasteiger partial charge is 0.488 e. The first-order valence-electron chi connectivity index (χ1n) is 4.16. The van der Waals surface area contributed by atoms with E-state index in [0.29, 0.717) is 5.75 Å². The van der Waals surface area contributed by atoms with Crippen LogP contribution in [0.5, 0.6) is 11.8 Å². The van der Waals surface area contributed by atoms with Crippen LogP contribution >= 0.6 is 0 Å². The first-order chi connectivity index (χ1) is 6.86. The fraction of sp³-hybridized carbons (Fsp3) is 0.500. The lowest BCUT2D eigenvalue weighted by atomic mass is 10.6. The first-order valence-corrected chi connectivity index (χ1v) is 4.16. The van der Waals surface area contributed by atoms with Crippen LogP contribution in [0.4, 0.5) is 0 Å². The molecule has 6 nitrogen and oxygen atoms in total. The Kier molecular flexibility index (Phi) is 4.66. The highest BCUT2D eigenvalue weighted by Crippen LogP contribution is 2.09. The van der Waals surface area contributed by atoms with Crippen molar-refractivity contribution < 1.29 is 19.7 Å². The summed E-state index contributed by atoms with van der Waals surface area (Å²) in [5.41, 5.74) is 0. The number of nitrogens with zero attached hydrogens (tertiary/aromatic N) is 2. The number of aliphatic hydroxyl groups excluding tert-OH is 2. The Morgan fingerprint density at radius 1 is 1.00 bits per heavy atom. The van der Waals surface area contributed by atoms with Gasteiger partial charge in [-0.05, 0) is 0 Å². The molecule has 0 unspecified atom stereocenters. The van der Waals surface area contributed by atoms with E-state index in [1.807, 2.05) is 0 Å². The summed E-state index contributed by atoms with van der Waals surface area (Å²) in [6.07, 6.45) is 2.88. The molecule has 0 fully saturated rings. The fourth-order valence-electron chi connectivity index (χ4n) is 0.754. The van der Waals surface area contributed by atoms with E-state index in [9.17, 15) is 0 Å². The number of rotatable bonds is 6. The molecule has 1 heterocycles. The average Bonchev–Trinajstić information content (AvgIpc) is 2.25. The molecule has 0 atom stereocenters. The van der Waals surface area contributed by atoms with Crippen LogP contribution in [0.2, 0.25) is 0 Å². The predicted octanol–water partition coefficient (Wildman–Crippen LogP) is -0.781. The third kappa shape index (κ3) is 3.55. The Balaban J connectivity index is 2.42. The van der Waals surface area contributed by atoms with Crippen LogP contribution < -0.4 is 9.47 Å². The van der Waals surface area contributed by atoms with Gasteiger partial charge in [-0.2, -0.15) is 9.97 Å². The molecule has 14 heavy (non-hydrogen) atoms. The van der Waals surface area contributed by atoms with Gasteiger partial charge in [-0.1, -0.05) is 0 Å². The smallest absolute Gasteiger partial charge is 0.316 e. The van der Waals surface area contributed by atoms with Crippen LogP contribution in [0, 0.1) is 0 Å². The third-order valence-corrected chi connectivity index (χ3v) is 1.29. The summed E-state index contributed by atoms with van der Waals surface area (Å²) in [4.78, 5) is 7.64. The van der Waals surface area contributed by atoms with Crippen molar-refractivity contribution in [3.63, 3.8) is 0 Å². The van der Waals surface area contributed by atoms with E-state index in [4.69, 9.17) is 19.7 Å². The molecule has 1 aromatic rings. The second-order valence-corrected chi connectivity index (χ2v) is 2.35. The van der Waals surface area contributed by atoms with Crippen molar-refractivity contribution in [2.45, 2.75) is 0 Å². The summed E-state index contributed by atoms with van der Waals surface area (Å²) in [7, 11) is 0. The van der Waals surface area contributed by atoms with Crippen molar-refractivity contribution in [3.8, 4) is 11.8 Å². The maximum atomic E-state index is 8.48. The van der Waals surface area contributed by atoms with Gasteiger partial charge < -0.3 is 19.7 Å². The molecule has 6 heteroatoms. The molecule has 0 spiro atoms. The zero-order chi connectivity index (χ0) is 10.2. The van der Waals surface area contributed by atoms with Gasteiger partial charge in [0.15, 0.2) is 5.75 Å². The van der Waals surface area contributed by atoms with Gasteiger partial charge in [-0.3, -0.25) is 0 Å². The minimum absolute atomic E-state index is 0.0528. The molecule has 1 rings (SSSR count). The van der Waals surface area contributed by atoms with Crippen LogP contribution in [0.1, 0.15) is 0 Å². The third-order valence-electron chi connectivity index (χ3n) is 1.29. The molecule has 78 valence electrons. The van der Waals surface area contributed by atoms with Gasteiger partial charge in [0, 0.05) is 0 Å². The van der Waals surface area contributed by atoms with Gasteiger partial charge in [0.1, 0.15) is 13.2 Å². The molecule has 0 aliphatic heterocycles. The monoisotopic (exact) mass is 200 g/mol. The SMILES string of the molecule is OCCOc1cnc(OCCO)nc1. The van der Waals surface area contributed by atoms with Crippen LogP contribution in [0.25, 0.3) is 0 Å². The molecule has 0 aliphatic rings. The van der Waals surface area contributed by atoms with Crippen LogP contribution in [-0.4, -0.2) is 46.6 Å². The van der Waals surface area contributed by atoms with E-state index >= 15 is 0 Å². The highest BCUT2D eigenvalue weighted by Gasteiger charge is 1.98. The summed E-state index contributed by atoms with van der Waals surface area (Å²) in [5, 5.41) is 16.9. The molecular formula is C8H12N2O4. The molecular weight excluding hydrogens is 188 g/mol. The van der Waals surface area contributed by atoms with E-state index in [-0.39, 0.29) is 32.4 Å². The number of hydrogen-bond acceptors (Lipinski definition) is 6. The van der Waals surface area contributed by atoms with Gasteiger partial charge in [-0.15, -0.1) is 0 Å². The highest BCUT2D eigenvalue weighted by atomic mass is 16.5. The molecule has 2 N–H and O–H groups in total. The molecule has 0 amide bonds. The molecule has 0 aromatic carbocycles. The van der Waals surface area contributed by atoms with Crippen molar-refractivity contribution in [1.82, 2.24) is 9.97 Å². The van der Waals surface area contributed by atoms with Gasteiger partial charge >= 0.3 is 6.01 Å². The summed E-state index contributed by atoms with van der Waals surface area (Å²) < 4.78 is 9.97. The van der Waals surface area contributed by atoms with E-state index in [0.717, 1.165) is 0 Å². The van der Waals surface area contributed by atoms with E-state index in [2.05, 4.69) is 9.97 Å². The highest BCUT2D eigenvalue weighted by molar-refractivity contribution is 5.13. The molecule has 0 radical (unpaired) electrons. The zero-order valence-corrected chi connectivity index (χ0v) is 7.59. The van der Waals surface area contributed by atoms with Crippen LogP contribution in [0.15, 0.2) is 12.4 Å². The maximum absolute atomic E-state index is 8.48. The minimum atomic E-state index is -0.0773. The standard InChI is InChI=1S/C8H12N2O4/c11-1-3-13-7-5-9-8(10-6-7)14-4-2-12/h5-6,11-12H,1-4H2. The Labute approximate surface area is 81.1 Å². The Bertz CT molecular complexity index is 225. The second kappa shape index (κ2) is 6.11. The Hall–Kier alpha value is -1.40. The lowest BCUT2D eigenvalue weighted by Gasteiger charge is -2.04. The van der Waals surface area contributed by atoms with Gasteiger partial charge in [0.05, 0.1) is 25.6 Å². The van der Waals surface area contributed by atoms with Crippen LogP contribution in [0.3, 0.4) is 0 Å².